The number of benzene rings is 1. The highest BCUT2D eigenvalue weighted by molar-refractivity contribution is 9.10. The fraction of sp³-hybridized carbons (Fsp3) is 0.389. The Hall–Kier alpha value is -2.04. The molecular weight excluding hydrogens is 448 g/mol. The third-order valence-electron chi connectivity index (χ3n) is 5.06. The van der Waals surface area contributed by atoms with E-state index in [0.717, 1.165) is 23.3 Å². The molecule has 148 valence electrons. The average molecular weight is 467 g/mol. The summed E-state index contributed by atoms with van der Waals surface area (Å²) in [4.78, 5) is 26.7. The number of rotatable bonds is 5. The van der Waals surface area contributed by atoms with Crippen molar-refractivity contribution < 1.29 is 18.0 Å². The number of halogens is 1. The monoisotopic (exact) mass is 466 g/mol. The highest BCUT2D eigenvalue weighted by Crippen LogP contribution is 2.37. The molecule has 1 fully saturated rings. The first-order chi connectivity index (χ1) is 13.1. The van der Waals surface area contributed by atoms with Gasteiger partial charge in [-0.1, -0.05) is 15.9 Å². The fourth-order valence-corrected chi connectivity index (χ4v) is 5.48. The summed E-state index contributed by atoms with van der Waals surface area (Å²) in [6, 6.07) is 2.81. The number of hydrogen-bond acceptors (Lipinski definition) is 5. The second kappa shape index (κ2) is 6.50. The van der Waals surface area contributed by atoms with Crippen LogP contribution >= 0.6 is 15.9 Å². The van der Waals surface area contributed by atoms with Crippen molar-refractivity contribution in [2.45, 2.75) is 43.2 Å². The second-order valence-corrected chi connectivity index (χ2v) is 10.1. The van der Waals surface area contributed by atoms with E-state index in [4.69, 9.17) is 0 Å². The summed E-state index contributed by atoms with van der Waals surface area (Å²) in [6.07, 6.45) is 4.91. The Morgan fingerprint density at radius 1 is 1.29 bits per heavy atom. The number of amides is 2. The van der Waals surface area contributed by atoms with E-state index in [-0.39, 0.29) is 29.3 Å². The lowest BCUT2D eigenvalue weighted by Gasteiger charge is -2.27. The molecule has 4 rings (SSSR count). The molecule has 2 amide bonds. The maximum atomic E-state index is 13.0. The van der Waals surface area contributed by atoms with E-state index < -0.39 is 21.5 Å². The van der Waals surface area contributed by atoms with Gasteiger partial charge in [-0.25, -0.2) is 13.1 Å². The van der Waals surface area contributed by atoms with Gasteiger partial charge in [0.2, 0.25) is 15.9 Å². The molecule has 0 spiro atoms. The van der Waals surface area contributed by atoms with E-state index in [2.05, 4.69) is 25.8 Å². The Labute approximate surface area is 171 Å². The molecule has 1 saturated carbocycles. The van der Waals surface area contributed by atoms with Gasteiger partial charge in [0.15, 0.2) is 0 Å². The average Bonchev–Trinajstić information content (AvgIpc) is 3.17. The van der Waals surface area contributed by atoms with Crippen LogP contribution in [0.3, 0.4) is 0 Å². The number of carbonyl (C=O) groups excluding carboxylic acids is 2. The molecule has 28 heavy (non-hydrogen) atoms. The van der Waals surface area contributed by atoms with E-state index in [1.165, 1.54) is 12.1 Å². The topological polar surface area (TPSA) is 101 Å². The third kappa shape index (κ3) is 3.51. The van der Waals surface area contributed by atoms with Crippen molar-refractivity contribution in [2.24, 2.45) is 7.05 Å². The molecule has 0 saturated heterocycles. The Bertz CT molecular complexity index is 1100. The number of fused-ring (bicyclic) bond motifs is 1. The molecule has 1 N–H and O–H groups in total. The largest absolute Gasteiger partial charge is 0.275 e. The smallest absolute Gasteiger partial charge is 0.261 e. The maximum absolute atomic E-state index is 13.0. The molecule has 2 aliphatic rings. The predicted molar refractivity (Wildman–Crippen MR) is 104 cm³/mol. The standard InChI is InChI=1S/C18H19BrN4O4S/c1-18(3-4-18)21-28(26,27)12-5-14-13(15(19)6-12)7-16(24)23(17(14)25)10-11-8-20-22(2)9-11/h5-6,8-9,21H,3-4,7,10H2,1-2H3. The first kappa shape index (κ1) is 19.3. The predicted octanol–water partition coefficient (Wildman–Crippen LogP) is 1.74. The Balaban J connectivity index is 1.70. The van der Waals surface area contributed by atoms with Gasteiger partial charge < -0.3 is 0 Å². The van der Waals surface area contributed by atoms with Gasteiger partial charge in [-0.05, 0) is 37.5 Å². The molecule has 2 heterocycles. The number of carbonyl (C=O) groups is 2. The highest BCUT2D eigenvalue weighted by atomic mass is 79.9. The molecule has 0 bridgehead atoms. The Morgan fingerprint density at radius 3 is 2.61 bits per heavy atom. The van der Waals surface area contributed by atoms with Crippen LogP contribution in [0, 0.1) is 0 Å². The van der Waals surface area contributed by atoms with Crippen molar-refractivity contribution in [3.8, 4) is 0 Å². The molecule has 0 unspecified atom stereocenters. The zero-order valence-corrected chi connectivity index (χ0v) is 17.8. The van der Waals surface area contributed by atoms with Crippen LogP contribution in [0.25, 0.3) is 0 Å². The molecule has 8 nitrogen and oxygen atoms in total. The van der Waals surface area contributed by atoms with E-state index >= 15 is 0 Å². The summed E-state index contributed by atoms with van der Waals surface area (Å²) in [5, 5.41) is 4.05. The van der Waals surface area contributed by atoms with E-state index in [1.54, 1.807) is 24.1 Å². The maximum Gasteiger partial charge on any atom is 0.261 e. The van der Waals surface area contributed by atoms with E-state index in [9.17, 15) is 18.0 Å². The normalized spacial score (nSPS) is 18.3. The number of sulfonamides is 1. The summed E-state index contributed by atoms with van der Waals surface area (Å²) in [5.74, 6) is -0.841. The molecular formula is C18H19BrN4O4S. The summed E-state index contributed by atoms with van der Waals surface area (Å²) < 4.78 is 30.2. The quantitative estimate of drug-likeness (QED) is 0.676. The van der Waals surface area contributed by atoms with Crippen molar-refractivity contribution in [1.82, 2.24) is 19.4 Å². The zero-order chi connectivity index (χ0) is 20.3. The number of aromatic nitrogens is 2. The van der Waals surface area contributed by atoms with Crippen LogP contribution in [0.1, 0.15) is 41.3 Å². The third-order valence-corrected chi connectivity index (χ3v) is 7.39. The Kier molecular flexibility index (Phi) is 4.48. The summed E-state index contributed by atoms with van der Waals surface area (Å²) in [6.45, 7) is 1.94. The fourth-order valence-electron chi connectivity index (χ4n) is 3.21. The summed E-state index contributed by atoms with van der Waals surface area (Å²) in [5.41, 5.74) is 1.03. The number of nitrogens with zero attached hydrogens (tertiary/aromatic N) is 3. The van der Waals surface area contributed by atoms with Gasteiger partial charge in [0.25, 0.3) is 5.91 Å². The van der Waals surface area contributed by atoms with E-state index in [0.29, 0.717) is 10.0 Å². The van der Waals surface area contributed by atoms with Crippen LogP contribution < -0.4 is 4.72 Å². The zero-order valence-electron chi connectivity index (χ0n) is 15.4. The number of aryl methyl sites for hydroxylation is 1. The van der Waals surface area contributed by atoms with Crippen molar-refractivity contribution in [2.75, 3.05) is 0 Å². The Morgan fingerprint density at radius 2 is 2.00 bits per heavy atom. The van der Waals surface area contributed by atoms with Gasteiger partial charge in [-0.3, -0.25) is 19.2 Å². The van der Waals surface area contributed by atoms with Gasteiger partial charge in [-0.15, -0.1) is 0 Å². The number of imide groups is 1. The number of nitrogens with one attached hydrogen (secondary N) is 1. The van der Waals surface area contributed by atoms with Gasteiger partial charge in [-0.2, -0.15) is 5.10 Å². The van der Waals surface area contributed by atoms with Crippen molar-refractivity contribution in [3.05, 3.63) is 45.7 Å². The lowest BCUT2D eigenvalue weighted by Crippen LogP contribution is -2.42. The molecule has 10 heteroatoms. The van der Waals surface area contributed by atoms with Crippen molar-refractivity contribution >= 4 is 37.8 Å². The molecule has 1 aliphatic carbocycles. The van der Waals surface area contributed by atoms with Gasteiger partial charge in [0.05, 0.1) is 24.1 Å². The lowest BCUT2D eigenvalue weighted by molar-refractivity contribution is -0.128. The molecule has 1 aromatic carbocycles. The van der Waals surface area contributed by atoms with Crippen LogP contribution in [0.15, 0.2) is 33.9 Å². The molecule has 2 aromatic rings. The van der Waals surface area contributed by atoms with Gasteiger partial charge in [0.1, 0.15) is 0 Å². The lowest BCUT2D eigenvalue weighted by atomic mass is 9.98. The second-order valence-electron chi connectivity index (χ2n) is 7.58. The summed E-state index contributed by atoms with van der Waals surface area (Å²) >= 11 is 3.34. The first-order valence-corrected chi connectivity index (χ1v) is 11.0. The van der Waals surface area contributed by atoms with Crippen LogP contribution in [0.5, 0.6) is 0 Å². The van der Waals surface area contributed by atoms with Crippen molar-refractivity contribution in [3.63, 3.8) is 0 Å². The van der Waals surface area contributed by atoms with Crippen LogP contribution in [0.4, 0.5) is 0 Å². The molecule has 0 radical (unpaired) electrons. The minimum absolute atomic E-state index is 0.00952. The molecule has 1 aromatic heterocycles. The summed E-state index contributed by atoms with van der Waals surface area (Å²) in [7, 11) is -2.02. The van der Waals surface area contributed by atoms with Crippen LogP contribution in [-0.4, -0.2) is 40.5 Å². The minimum Gasteiger partial charge on any atom is -0.275 e. The van der Waals surface area contributed by atoms with Crippen LogP contribution in [0.2, 0.25) is 0 Å². The molecule has 0 atom stereocenters. The minimum atomic E-state index is -3.77. The highest BCUT2D eigenvalue weighted by Gasteiger charge is 2.42. The first-order valence-electron chi connectivity index (χ1n) is 8.77. The van der Waals surface area contributed by atoms with E-state index in [1.807, 2.05) is 6.92 Å². The van der Waals surface area contributed by atoms with Gasteiger partial charge in [0, 0.05) is 34.4 Å². The van der Waals surface area contributed by atoms with Crippen LogP contribution in [-0.2, 0) is 34.8 Å². The van der Waals surface area contributed by atoms with Crippen molar-refractivity contribution in [1.29, 1.82) is 0 Å². The molecule has 1 aliphatic heterocycles. The SMILES string of the molecule is Cn1cc(CN2C(=O)Cc3c(Br)cc(S(=O)(=O)NC4(C)CC4)cc3C2=O)cn1. The van der Waals surface area contributed by atoms with Gasteiger partial charge >= 0.3 is 0 Å². The number of hydrogen-bond donors (Lipinski definition) is 1.